The summed E-state index contributed by atoms with van der Waals surface area (Å²) in [6.45, 7) is 2.41. The van der Waals surface area contributed by atoms with E-state index in [2.05, 4.69) is 6.92 Å². The number of rotatable bonds is 2. The maximum Gasteiger partial charge on any atom is 0.331 e. The number of fused-ring (bicyclic) bond motifs is 5. The topological polar surface area (TPSA) is 107 Å². The van der Waals surface area contributed by atoms with Crippen LogP contribution in [0.2, 0.25) is 0 Å². The molecule has 0 aromatic rings. The van der Waals surface area contributed by atoms with E-state index < -0.39 is 22.7 Å². The molecule has 4 fully saturated rings. The standard InChI is InChI=1S/C23H34O6/c1-20-6-3-17-18(4-8-22(27)11-15(25)2-7-21(17,22)13-24)23(20,28)9-5-16(20)14-10-19(26)29-12-14/h10,15-18,24-25,27-28H,2-9,11-13H2,1H3/t15-,16+,17+,18-,20-,21-,22+,23+/m0/s1. The predicted molar refractivity (Wildman–Crippen MR) is 105 cm³/mol. The first-order valence-electron chi connectivity index (χ1n) is 11.3. The first-order chi connectivity index (χ1) is 13.7. The Balaban J connectivity index is 1.51. The third kappa shape index (κ3) is 2.40. The Morgan fingerprint density at radius 1 is 1.07 bits per heavy atom. The second-order valence-electron chi connectivity index (χ2n) is 10.8. The molecule has 0 aromatic carbocycles. The van der Waals surface area contributed by atoms with E-state index in [-0.39, 0.29) is 35.7 Å². The molecule has 0 amide bonds. The fraction of sp³-hybridized carbons (Fsp3) is 0.870. The fourth-order valence-electron chi connectivity index (χ4n) is 8.52. The average Bonchev–Trinajstić information content (AvgIpc) is 3.21. The highest BCUT2D eigenvalue weighted by Gasteiger charge is 2.71. The molecule has 6 heteroatoms. The number of carbonyl (C=O) groups excluding carboxylic acids is 1. The molecule has 0 spiro atoms. The lowest BCUT2D eigenvalue weighted by atomic mass is 9.41. The summed E-state index contributed by atoms with van der Waals surface area (Å²) in [7, 11) is 0. The molecule has 4 aliphatic carbocycles. The van der Waals surface area contributed by atoms with Crippen LogP contribution in [0.5, 0.6) is 0 Å². The van der Waals surface area contributed by atoms with Crippen molar-refractivity contribution in [2.45, 2.75) is 82.0 Å². The molecule has 29 heavy (non-hydrogen) atoms. The molecule has 0 bridgehead atoms. The minimum atomic E-state index is -1.06. The third-order valence-corrected chi connectivity index (χ3v) is 10.1. The van der Waals surface area contributed by atoms with Crippen molar-refractivity contribution < 1.29 is 30.0 Å². The van der Waals surface area contributed by atoms with Crippen LogP contribution in [0.25, 0.3) is 0 Å². The summed E-state index contributed by atoms with van der Waals surface area (Å²) < 4.78 is 5.17. The van der Waals surface area contributed by atoms with Gasteiger partial charge in [0.1, 0.15) is 6.61 Å². The van der Waals surface area contributed by atoms with Gasteiger partial charge in [0.15, 0.2) is 0 Å². The lowest BCUT2D eigenvalue weighted by Crippen LogP contribution is -2.69. The van der Waals surface area contributed by atoms with Gasteiger partial charge < -0.3 is 25.2 Å². The zero-order chi connectivity index (χ0) is 20.7. The molecule has 0 aromatic heterocycles. The molecule has 6 nitrogen and oxygen atoms in total. The van der Waals surface area contributed by atoms with Crippen LogP contribution >= 0.6 is 0 Å². The predicted octanol–water partition coefficient (Wildman–Crippen LogP) is 1.69. The van der Waals surface area contributed by atoms with Crippen molar-refractivity contribution in [1.82, 2.24) is 0 Å². The number of aliphatic hydroxyl groups is 4. The molecule has 8 atom stereocenters. The summed E-state index contributed by atoms with van der Waals surface area (Å²) >= 11 is 0. The minimum absolute atomic E-state index is 0.0209. The SMILES string of the molecule is C[C@@]12CC[C@@H]3[C@H](CC[C@@]4(O)C[C@@H](O)CC[C@]34CO)[C@]1(O)CC[C@@H]2C1=CC(=O)OC1. The number of ether oxygens (including phenoxy) is 1. The molecule has 1 aliphatic heterocycles. The molecule has 1 heterocycles. The van der Waals surface area contributed by atoms with Crippen molar-refractivity contribution in [3.8, 4) is 0 Å². The normalized spacial score (nSPS) is 54.2. The fourth-order valence-corrected chi connectivity index (χ4v) is 8.52. The number of cyclic esters (lactones) is 1. The first-order valence-corrected chi connectivity index (χ1v) is 11.3. The Morgan fingerprint density at radius 2 is 1.83 bits per heavy atom. The van der Waals surface area contributed by atoms with Gasteiger partial charge in [-0.3, -0.25) is 0 Å². The average molecular weight is 407 g/mol. The highest BCUT2D eigenvalue weighted by atomic mass is 16.5. The molecule has 0 unspecified atom stereocenters. The zero-order valence-electron chi connectivity index (χ0n) is 17.3. The summed E-state index contributed by atoms with van der Waals surface area (Å²) in [6, 6.07) is 0. The Labute approximate surface area is 172 Å². The van der Waals surface area contributed by atoms with Gasteiger partial charge in [0.05, 0.1) is 23.9 Å². The van der Waals surface area contributed by atoms with E-state index in [0.717, 1.165) is 24.8 Å². The Morgan fingerprint density at radius 3 is 2.52 bits per heavy atom. The molecule has 4 saturated carbocycles. The molecule has 5 aliphatic rings. The quantitative estimate of drug-likeness (QED) is 0.520. The second-order valence-corrected chi connectivity index (χ2v) is 10.8. The van der Waals surface area contributed by atoms with Crippen molar-refractivity contribution in [2.24, 2.45) is 28.6 Å². The van der Waals surface area contributed by atoms with Crippen molar-refractivity contribution in [2.75, 3.05) is 13.2 Å². The Hall–Kier alpha value is -0.950. The van der Waals surface area contributed by atoms with Crippen molar-refractivity contribution >= 4 is 5.97 Å². The van der Waals surface area contributed by atoms with Crippen molar-refractivity contribution in [1.29, 1.82) is 0 Å². The van der Waals surface area contributed by atoms with E-state index >= 15 is 0 Å². The molecular formula is C23H34O6. The Bertz CT molecular complexity index is 750. The van der Waals surface area contributed by atoms with Crippen LogP contribution in [0, 0.1) is 28.6 Å². The molecule has 4 N–H and O–H groups in total. The van der Waals surface area contributed by atoms with Crippen LogP contribution in [0.15, 0.2) is 11.6 Å². The summed E-state index contributed by atoms with van der Waals surface area (Å²) in [5.74, 6) is -0.0760. The van der Waals surface area contributed by atoms with Gasteiger partial charge in [-0.15, -0.1) is 0 Å². The monoisotopic (exact) mass is 406 g/mol. The highest BCUT2D eigenvalue weighted by molar-refractivity contribution is 5.85. The third-order valence-electron chi connectivity index (χ3n) is 10.1. The van der Waals surface area contributed by atoms with Crippen molar-refractivity contribution in [3.05, 3.63) is 11.6 Å². The largest absolute Gasteiger partial charge is 0.458 e. The van der Waals surface area contributed by atoms with E-state index in [9.17, 15) is 25.2 Å². The van der Waals surface area contributed by atoms with Gasteiger partial charge in [-0.2, -0.15) is 0 Å². The van der Waals surface area contributed by atoms with Gasteiger partial charge in [0.2, 0.25) is 0 Å². The van der Waals surface area contributed by atoms with Crippen LogP contribution in [0.1, 0.15) is 64.7 Å². The van der Waals surface area contributed by atoms with Crippen LogP contribution in [0.4, 0.5) is 0 Å². The van der Waals surface area contributed by atoms with E-state index in [1.54, 1.807) is 6.08 Å². The van der Waals surface area contributed by atoms with E-state index in [4.69, 9.17) is 4.74 Å². The van der Waals surface area contributed by atoms with Gasteiger partial charge in [-0.05, 0) is 74.7 Å². The number of carbonyl (C=O) groups is 1. The molecule has 0 saturated heterocycles. The zero-order valence-corrected chi connectivity index (χ0v) is 17.3. The number of hydrogen-bond donors (Lipinski definition) is 4. The molecule has 5 rings (SSSR count). The van der Waals surface area contributed by atoms with Crippen LogP contribution in [-0.4, -0.2) is 56.9 Å². The van der Waals surface area contributed by atoms with Gasteiger partial charge in [-0.25, -0.2) is 4.79 Å². The first kappa shape index (κ1) is 20.0. The molecule has 162 valence electrons. The summed E-state index contributed by atoms with van der Waals surface area (Å²) in [6.07, 6.45) is 7.02. The smallest absolute Gasteiger partial charge is 0.331 e. The maximum absolute atomic E-state index is 12.1. The van der Waals surface area contributed by atoms with E-state index in [0.29, 0.717) is 45.1 Å². The van der Waals surface area contributed by atoms with E-state index in [1.165, 1.54) is 0 Å². The Kier molecular flexibility index (Phi) is 4.33. The van der Waals surface area contributed by atoms with Gasteiger partial charge in [0.25, 0.3) is 0 Å². The van der Waals surface area contributed by atoms with Crippen LogP contribution < -0.4 is 0 Å². The summed E-state index contributed by atoms with van der Waals surface area (Å²) in [4.78, 5) is 11.6. The number of aliphatic hydroxyl groups excluding tert-OH is 2. The maximum atomic E-state index is 12.1. The van der Waals surface area contributed by atoms with Crippen molar-refractivity contribution in [3.63, 3.8) is 0 Å². The minimum Gasteiger partial charge on any atom is -0.458 e. The lowest BCUT2D eigenvalue weighted by molar-refractivity contribution is -0.269. The van der Waals surface area contributed by atoms with E-state index in [1.807, 2.05) is 0 Å². The van der Waals surface area contributed by atoms with Gasteiger partial charge in [0, 0.05) is 23.3 Å². The highest BCUT2D eigenvalue weighted by Crippen LogP contribution is 2.70. The second kappa shape index (κ2) is 6.28. The van der Waals surface area contributed by atoms with Crippen LogP contribution in [-0.2, 0) is 9.53 Å². The molecular weight excluding hydrogens is 372 g/mol. The molecule has 0 radical (unpaired) electrons. The summed E-state index contributed by atoms with van der Waals surface area (Å²) in [5.41, 5.74) is -1.88. The number of esters is 1. The van der Waals surface area contributed by atoms with Gasteiger partial charge in [-0.1, -0.05) is 6.92 Å². The lowest BCUT2D eigenvalue weighted by Gasteiger charge is -2.66. The number of hydrogen-bond acceptors (Lipinski definition) is 6. The van der Waals surface area contributed by atoms with Gasteiger partial charge >= 0.3 is 5.97 Å². The summed E-state index contributed by atoms with van der Waals surface area (Å²) in [5, 5.41) is 44.4. The van der Waals surface area contributed by atoms with Crippen LogP contribution in [0.3, 0.4) is 0 Å².